The number of nitro benzene ring substituents is 1. The molecule has 0 fully saturated rings. The van der Waals surface area contributed by atoms with Crippen LogP contribution in [-0.2, 0) is 14.3 Å². The number of aliphatic hydroxyl groups is 1. The fourth-order valence-electron chi connectivity index (χ4n) is 2.53. The van der Waals surface area contributed by atoms with E-state index in [1.807, 2.05) is 0 Å². The Hall–Kier alpha value is -4.45. The lowest BCUT2D eigenvalue weighted by Crippen LogP contribution is -2.43. The van der Waals surface area contributed by atoms with Gasteiger partial charge in [0.15, 0.2) is 17.5 Å². The van der Waals surface area contributed by atoms with Gasteiger partial charge in [-0.1, -0.05) is 6.07 Å². The molecule has 0 heterocycles. The second kappa shape index (κ2) is 12.6. The number of aliphatic hydroxyl groups excluding tert-OH is 1. The Kier molecular flexibility index (Phi) is 9.53. The standard InChI is InChI=1S/C22H22N2O10/c1-3-32-21(27)17(13-25)23-20(26)11-5-14-4-10-18(19(12-14)31-2)34-22(28)33-16-8-6-15(7-9-16)24(29)30/h4-12,17,25H,3,13H2,1-2H3,(H,23,26)/b11-5+. The molecule has 0 saturated heterocycles. The van der Waals surface area contributed by atoms with Gasteiger partial charge in [0, 0.05) is 18.2 Å². The maximum absolute atomic E-state index is 12.0. The lowest BCUT2D eigenvalue weighted by atomic mass is 10.2. The zero-order valence-electron chi connectivity index (χ0n) is 18.3. The summed E-state index contributed by atoms with van der Waals surface area (Å²) in [7, 11) is 1.34. The topological polar surface area (TPSA) is 164 Å². The van der Waals surface area contributed by atoms with Crippen LogP contribution in [0.2, 0.25) is 0 Å². The first-order chi connectivity index (χ1) is 16.3. The van der Waals surface area contributed by atoms with Crippen LogP contribution in [0.15, 0.2) is 48.5 Å². The molecule has 0 aromatic heterocycles. The number of benzene rings is 2. The maximum atomic E-state index is 12.0. The fourth-order valence-corrected chi connectivity index (χ4v) is 2.53. The monoisotopic (exact) mass is 474 g/mol. The van der Waals surface area contributed by atoms with Gasteiger partial charge in [0.25, 0.3) is 5.69 Å². The van der Waals surface area contributed by atoms with Crippen LogP contribution in [0.25, 0.3) is 6.08 Å². The minimum absolute atomic E-state index is 0.0265. The quantitative estimate of drug-likeness (QED) is 0.172. The van der Waals surface area contributed by atoms with Crippen LogP contribution < -0.4 is 19.5 Å². The molecule has 0 bridgehead atoms. The molecule has 1 unspecified atom stereocenters. The molecule has 1 atom stereocenters. The maximum Gasteiger partial charge on any atom is 0.519 e. The van der Waals surface area contributed by atoms with Crippen LogP contribution in [0.4, 0.5) is 10.5 Å². The zero-order valence-corrected chi connectivity index (χ0v) is 18.3. The van der Waals surface area contributed by atoms with Gasteiger partial charge >= 0.3 is 12.1 Å². The smallest absolute Gasteiger partial charge is 0.493 e. The number of hydrogen-bond donors (Lipinski definition) is 2. The van der Waals surface area contributed by atoms with Gasteiger partial charge in [0.05, 0.1) is 25.2 Å². The third-order valence-corrected chi connectivity index (χ3v) is 4.13. The predicted molar refractivity (Wildman–Crippen MR) is 117 cm³/mol. The molecule has 0 saturated carbocycles. The summed E-state index contributed by atoms with van der Waals surface area (Å²) in [5.41, 5.74) is 0.340. The van der Waals surface area contributed by atoms with Gasteiger partial charge < -0.3 is 29.4 Å². The molecule has 2 rings (SSSR count). The number of carbonyl (C=O) groups is 3. The van der Waals surface area contributed by atoms with Crippen molar-refractivity contribution in [3.05, 3.63) is 64.2 Å². The molecule has 34 heavy (non-hydrogen) atoms. The number of ether oxygens (including phenoxy) is 4. The van der Waals surface area contributed by atoms with Crippen molar-refractivity contribution in [3.63, 3.8) is 0 Å². The van der Waals surface area contributed by atoms with Gasteiger partial charge in [-0.25, -0.2) is 9.59 Å². The summed E-state index contributed by atoms with van der Waals surface area (Å²) in [4.78, 5) is 45.8. The molecule has 1 amide bonds. The molecule has 12 heteroatoms. The zero-order chi connectivity index (χ0) is 25.1. The minimum atomic E-state index is -1.19. The number of amides is 1. The van der Waals surface area contributed by atoms with E-state index in [-0.39, 0.29) is 29.5 Å². The third kappa shape index (κ3) is 7.60. The minimum Gasteiger partial charge on any atom is -0.493 e. The van der Waals surface area contributed by atoms with Crippen molar-refractivity contribution in [3.8, 4) is 17.2 Å². The Morgan fingerprint density at radius 3 is 2.41 bits per heavy atom. The summed E-state index contributed by atoms with van der Waals surface area (Å²) in [6.07, 6.45) is 1.46. The van der Waals surface area contributed by atoms with Gasteiger partial charge in [-0.15, -0.1) is 0 Å². The molecule has 180 valence electrons. The van der Waals surface area contributed by atoms with Gasteiger partial charge in [-0.3, -0.25) is 14.9 Å². The van der Waals surface area contributed by atoms with Crippen LogP contribution in [0.1, 0.15) is 12.5 Å². The summed E-state index contributed by atoms with van der Waals surface area (Å²) < 4.78 is 20.0. The molecular weight excluding hydrogens is 452 g/mol. The highest BCUT2D eigenvalue weighted by Gasteiger charge is 2.20. The second-order valence-electron chi connectivity index (χ2n) is 6.44. The van der Waals surface area contributed by atoms with Crippen LogP contribution in [0, 0.1) is 10.1 Å². The second-order valence-corrected chi connectivity index (χ2v) is 6.44. The SMILES string of the molecule is CCOC(=O)C(CO)NC(=O)/C=C/c1ccc(OC(=O)Oc2ccc([N+](=O)[O-])cc2)c(OC)c1. The van der Waals surface area contributed by atoms with E-state index in [9.17, 15) is 29.6 Å². The van der Waals surface area contributed by atoms with Crippen LogP contribution >= 0.6 is 0 Å². The number of nitro groups is 1. The third-order valence-electron chi connectivity index (χ3n) is 4.13. The fraction of sp³-hybridized carbons (Fsp3) is 0.227. The normalized spacial score (nSPS) is 11.4. The average Bonchev–Trinajstić information content (AvgIpc) is 2.82. The highest BCUT2D eigenvalue weighted by atomic mass is 16.7. The summed E-state index contributed by atoms with van der Waals surface area (Å²) in [5, 5.41) is 22.2. The number of esters is 1. The van der Waals surface area contributed by atoms with E-state index < -0.39 is 35.6 Å². The molecular formula is C22H22N2O10. The van der Waals surface area contributed by atoms with E-state index >= 15 is 0 Å². The molecule has 0 spiro atoms. The van der Waals surface area contributed by atoms with Gasteiger partial charge in [0.2, 0.25) is 5.91 Å². The van der Waals surface area contributed by atoms with E-state index in [1.54, 1.807) is 6.92 Å². The summed E-state index contributed by atoms with van der Waals surface area (Å²) in [5.74, 6) is -1.17. The van der Waals surface area contributed by atoms with Crippen molar-refractivity contribution in [1.82, 2.24) is 5.32 Å². The Morgan fingerprint density at radius 2 is 1.82 bits per heavy atom. The van der Waals surface area contributed by atoms with Gasteiger partial charge in [-0.2, -0.15) is 0 Å². The van der Waals surface area contributed by atoms with Crippen LogP contribution in [0.5, 0.6) is 17.2 Å². The molecule has 12 nitrogen and oxygen atoms in total. The number of hydrogen-bond acceptors (Lipinski definition) is 10. The number of nitrogens with one attached hydrogen (secondary N) is 1. The first-order valence-electron chi connectivity index (χ1n) is 9.85. The number of methoxy groups -OCH3 is 1. The highest BCUT2D eigenvalue weighted by Crippen LogP contribution is 2.29. The molecule has 2 N–H and O–H groups in total. The summed E-state index contributed by atoms with van der Waals surface area (Å²) in [6.45, 7) is 1.09. The van der Waals surface area contributed by atoms with Crippen molar-refractivity contribution in [2.75, 3.05) is 20.3 Å². The highest BCUT2D eigenvalue weighted by molar-refractivity contribution is 5.94. The summed E-state index contributed by atoms with van der Waals surface area (Å²) in [6, 6.07) is 8.07. The number of non-ortho nitro benzene ring substituents is 1. The first-order valence-corrected chi connectivity index (χ1v) is 9.85. The number of rotatable bonds is 10. The largest absolute Gasteiger partial charge is 0.519 e. The van der Waals surface area contributed by atoms with Crippen molar-refractivity contribution in [2.24, 2.45) is 0 Å². The van der Waals surface area contributed by atoms with Gasteiger partial charge in [0.1, 0.15) is 5.75 Å². The number of nitrogens with zero attached hydrogens (tertiary/aromatic N) is 1. The van der Waals surface area contributed by atoms with Crippen molar-refractivity contribution in [2.45, 2.75) is 13.0 Å². The van der Waals surface area contributed by atoms with Crippen molar-refractivity contribution < 1.29 is 43.4 Å². The van der Waals surface area contributed by atoms with Crippen LogP contribution in [0.3, 0.4) is 0 Å². The Bertz CT molecular complexity index is 1070. The lowest BCUT2D eigenvalue weighted by molar-refractivity contribution is -0.384. The molecule has 0 aliphatic heterocycles. The molecule has 2 aromatic carbocycles. The molecule has 2 aromatic rings. The van der Waals surface area contributed by atoms with Crippen LogP contribution in [-0.4, -0.2) is 54.4 Å². The van der Waals surface area contributed by atoms with Crippen molar-refractivity contribution in [1.29, 1.82) is 0 Å². The first kappa shape index (κ1) is 25.8. The predicted octanol–water partition coefficient (Wildman–Crippen LogP) is 2.23. The Labute approximate surface area is 193 Å². The lowest BCUT2D eigenvalue weighted by Gasteiger charge is -2.13. The summed E-state index contributed by atoms with van der Waals surface area (Å²) >= 11 is 0. The van der Waals surface area contributed by atoms with E-state index in [1.165, 1.54) is 55.7 Å². The molecule has 0 aliphatic carbocycles. The van der Waals surface area contributed by atoms with E-state index in [0.29, 0.717) is 5.56 Å². The average molecular weight is 474 g/mol. The number of carbonyl (C=O) groups excluding carboxylic acids is 3. The molecule has 0 aliphatic rings. The van der Waals surface area contributed by atoms with Gasteiger partial charge in [-0.05, 0) is 42.8 Å². The Morgan fingerprint density at radius 1 is 1.12 bits per heavy atom. The van der Waals surface area contributed by atoms with E-state index in [4.69, 9.17) is 18.9 Å². The van der Waals surface area contributed by atoms with E-state index in [2.05, 4.69) is 5.32 Å². The Balaban J connectivity index is 2.01. The van der Waals surface area contributed by atoms with Crippen molar-refractivity contribution >= 4 is 29.8 Å². The van der Waals surface area contributed by atoms with E-state index in [0.717, 1.165) is 6.08 Å². The molecule has 0 radical (unpaired) electrons.